The Kier molecular flexibility index (Phi) is 6.74. The minimum atomic E-state index is 0.438. The third kappa shape index (κ3) is 6.84. The van der Waals surface area contributed by atoms with Crippen molar-refractivity contribution < 1.29 is 0 Å². The van der Waals surface area contributed by atoms with Crippen LogP contribution in [0.2, 0.25) is 0 Å². The fraction of sp³-hybridized carbons (Fsp3) is 1.00. The summed E-state index contributed by atoms with van der Waals surface area (Å²) in [7, 11) is 0. The van der Waals surface area contributed by atoms with Crippen molar-refractivity contribution in [3.05, 3.63) is 0 Å². The smallest absolute Gasteiger partial charge is 0.00725 e. The zero-order valence-electron chi connectivity index (χ0n) is 9.56. The minimum Gasteiger partial charge on any atom is -0.161 e. The molecule has 0 aliphatic rings. The van der Waals surface area contributed by atoms with Crippen LogP contribution in [0.4, 0.5) is 0 Å². The number of hydrogen-bond donors (Lipinski definition) is 0. The van der Waals surface area contributed by atoms with Gasteiger partial charge in [0.1, 0.15) is 0 Å². The Morgan fingerprint density at radius 1 is 1.15 bits per heavy atom. The van der Waals surface area contributed by atoms with Gasteiger partial charge in [-0.2, -0.15) is 11.8 Å². The predicted octanol–water partition coefficient (Wildman–Crippen LogP) is 4.43. The largest absolute Gasteiger partial charge is 0.161 e. The molecule has 0 bridgehead atoms. The molecule has 0 saturated heterocycles. The molecular formula is C11H23BrS. The fourth-order valence-corrected chi connectivity index (χ4v) is 3.99. The van der Waals surface area contributed by atoms with E-state index in [1.165, 1.54) is 11.5 Å². The third-order valence-corrected chi connectivity index (χ3v) is 4.50. The van der Waals surface area contributed by atoms with E-state index in [1.54, 1.807) is 0 Å². The molecule has 0 nitrogen and oxygen atoms in total. The third-order valence-electron chi connectivity index (χ3n) is 2.18. The highest BCUT2D eigenvalue weighted by Gasteiger charge is 2.23. The lowest BCUT2D eigenvalue weighted by atomic mass is 9.83. The lowest BCUT2D eigenvalue weighted by molar-refractivity contribution is 0.295. The molecule has 0 fully saturated rings. The molecule has 13 heavy (non-hydrogen) atoms. The molecule has 0 aliphatic heterocycles. The molecular weight excluding hydrogens is 244 g/mol. The Bertz CT molecular complexity index is 127. The van der Waals surface area contributed by atoms with Crippen molar-refractivity contribution >= 4 is 27.7 Å². The zero-order valence-corrected chi connectivity index (χ0v) is 12.0. The summed E-state index contributed by atoms with van der Waals surface area (Å²) in [4.78, 5) is 0. The van der Waals surface area contributed by atoms with Gasteiger partial charge in [-0.3, -0.25) is 0 Å². The molecule has 0 spiro atoms. The Balaban J connectivity index is 3.73. The van der Waals surface area contributed by atoms with E-state index in [2.05, 4.69) is 62.3 Å². The molecule has 0 aliphatic carbocycles. The van der Waals surface area contributed by atoms with E-state index in [4.69, 9.17) is 0 Å². The summed E-state index contributed by atoms with van der Waals surface area (Å²) < 4.78 is 0. The molecule has 80 valence electrons. The highest BCUT2D eigenvalue weighted by atomic mass is 79.9. The van der Waals surface area contributed by atoms with Gasteiger partial charge in [-0.15, -0.1) is 0 Å². The molecule has 0 radical (unpaired) electrons. The molecule has 0 N–H and O–H groups in total. The molecule has 1 unspecified atom stereocenters. The van der Waals surface area contributed by atoms with Crippen LogP contribution in [-0.2, 0) is 0 Å². The van der Waals surface area contributed by atoms with Gasteiger partial charge in [0.25, 0.3) is 0 Å². The number of hydrogen-bond acceptors (Lipinski definition) is 1. The molecule has 0 rings (SSSR count). The van der Waals surface area contributed by atoms with Crippen LogP contribution < -0.4 is 0 Å². The van der Waals surface area contributed by atoms with E-state index in [1.807, 2.05) is 0 Å². The molecule has 0 aromatic heterocycles. The van der Waals surface area contributed by atoms with E-state index in [0.717, 1.165) is 17.2 Å². The molecule has 1 atom stereocenters. The first-order chi connectivity index (χ1) is 5.88. The Labute approximate surface area is 96.4 Å². The van der Waals surface area contributed by atoms with Crippen LogP contribution >= 0.6 is 27.7 Å². The average Bonchev–Trinajstić information content (AvgIpc) is 1.95. The van der Waals surface area contributed by atoms with Crippen LogP contribution in [0, 0.1) is 17.3 Å². The minimum absolute atomic E-state index is 0.438. The highest BCUT2D eigenvalue weighted by molar-refractivity contribution is 9.09. The second-order valence-corrected chi connectivity index (χ2v) is 6.87. The van der Waals surface area contributed by atoms with Gasteiger partial charge in [0, 0.05) is 5.33 Å². The molecule has 0 aromatic rings. The molecule has 0 heterocycles. The van der Waals surface area contributed by atoms with E-state index < -0.39 is 0 Å². The average molecular weight is 267 g/mol. The van der Waals surface area contributed by atoms with Gasteiger partial charge in [-0.1, -0.05) is 50.5 Å². The van der Waals surface area contributed by atoms with Crippen LogP contribution in [0.3, 0.4) is 0 Å². The maximum Gasteiger partial charge on any atom is 0.00725 e. The van der Waals surface area contributed by atoms with E-state index >= 15 is 0 Å². The van der Waals surface area contributed by atoms with Crippen LogP contribution in [0.5, 0.6) is 0 Å². The fourth-order valence-electron chi connectivity index (χ4n) is 0.972. The maximum absolute atomic E-state index is 3.61. The van der Waals surface area contributed by atoms with Crippen molar-refractivity contribution in [2.45, 2.75) is 34.6 Å². The van der Waals surface area contributed by atoms with Crippen LogP contribution in [-0.4, -0.2) is 16.8 Å². The van der Waals surface area contributed by atoms with Crippen molar-refractivity contribution in [3.8, 4) is 0 Å². The number of alkyl halides is 1. The van der Waals surface area contributed by atoms with Gasteiger partial charge in [-0.05, 0) is 28.8 Å². The number of halogens is 1. The summed E-state index contributed by atoms with van der Waals surface area (Å²) in [5, 5.41) is 1.13. The topological polar surface area (TPSA) is 0 Å². The molecule has 0 aromatic carbocycles. The molecule has 2 heteroatoms. The van der Waals surface area contributed by atoms with Gasteiger partial charge in [-0.25, -0.2) is 0 Å². The SMILES string of the molecule is CC(C)CSCC(CBr)C(C)(C)C. The van der Waals surface area contributed by atoms with Gasteiger partial charge in [0.2, 0.25) is 0 Å². The van der Waals surface area contributed by atoms with Crippen LogP contribution in [0.25, 0.3) is 0 Å². The van der Waals surface area contributed by atoms with Crippen molar-refractivity contribution in [1.29, 1.82) is 0 Å². The molecule has 0 saturated carbocycles. The highest BCUT2D eigenvalue weighted by Crippen LogP contribution is 2.30. The second-order valence-electron chi connectivity index (χ2n) is 5.15. The van der Waals surface area contributed by atoms with Crippen molar-refractivity contribution in [3.63, 3.8) is 0 Å². The monoisotopic (exact) mass is 266 g/mol. The first-order valence-corrected chi connectivity index (χ1v) is 7.29. The molecule has 0 amide bonds. The maximum atomic E-state index is 3.61. The van der Waals surface area contributed by atoms with Crippen molar-refractivity contribution in [2.24, 2.45) is 17.3 Å². The van der Waals surface area contributed by atoms with Gasteiger partial charge >= 0.3 is 0 Å². The van der Waals surface area contributed by atoms with Gasteiger partial charge < -0.3 is 0 Å². The van der Waals surface area contributed by atoms with E-state index in [-0.39, 0.29) is 0 Å². The Hall–Kier alpha value is 0.830. The second kappa shape index (κ2) is 6.34. The van der Waals surface area contributed by atoms with Gasteiger partial charge in [0.15, 0.2) is 0 Å². The summed E-state index contributed by atoms with van der Waals surface area (Å²) in [6, 6.07) is 0. The number of rotatable bonds is 5. The Morgan fingerprint density at radius 3 is 2.00 bits per heavy atom. The Morgan fingerprint density at radius 2 is 1.69 bits per heavy atom. The summed E-state index contributed by atoms with van der Waals surface area (Å²) >= 11 is 5.70. The lowest BCUT2D eigenvalue weighted by Gasteiger charge is -2.29. The van der Waals surface area contributed by atoms with Crippen molar-refractivity contribution in [2.75, 3.05) is 16.8 Å². The van der Waals surface area contributed by atoms with E-state index in [0.29, 0.717) is 5.41 Å². The number of thioether (sulfide) groups is 1. The van der Waals surface area contributed by atoms with Crippen LogP contribution in [0.15, 0.2) is 0 Å². The standard InChI is InChI=1S/C11H23BrS/c1-9(2)7-13-8-10(6-12)11(3,4)5/h9-10H,6-8H2,1-5H3. The summed E-state index contributed by atoms with van der Waals surface area (Å²) in [5.74, 6) is 4.18. The van der Waals surface area contributed by atoms with E-state index in [9.17, 15) is 0 Å². The lowest BCUT2D eigenvalue weighted by Crippen LogP contribution is -2.24. The summed E-state index contributed by atoms with van der Waals surface area (Å²) in [6.07, 6.45) is 0. The van der Waals surface area contributed by atoms with Crippen LogP contribution in [0.1, 0.15) is 34.6 Å². The zero-order chi connectivity index (χ0) is 10.5. The summed E-state index contributed by atoms with van der Waals surface area (Å²) in [5.41, 5.74) is 0.438. The first-order valence-electron chi connectivity index (χ1n) is 5.01. The van der Waals surface area contributed by atoms with Crippen molar-refractivity contribution in [1.82, 2.24) is 0 Å². The first kappa shape index (κ1) is 13.8. The van der Waals surface area contributed by atoms with Gasteiger partial charge in [0.05, 0.1) is 0 Å². The normalized spacial score (nSPS) is 15.0. The summed E-state index contributed by atoms with van der Waals surface area (Å²) in [6.45, 7) is 11.6. The quantitative estimate of drug-likeness (QED) is 0.664. The predicted molar refractivity (Wildman–Crippen MR) is 68.9 cm³/mol.